The van der Waals surface area contributed by atoms with Crippen LogP contribution in [0.5, 0.6) is 0 Å². The van der Waals surface area contributed by atoms with Crippen LogP contribution in [0.4, 0.5) is 8.78 Å². The van der Waals surface area contributed by atoms with Gasteiger partial charge in [0.15, 0.2) is 17.4 Å². The van der Waals surface area contributed by atoms with Gasteiger partial charge in [0, 0.05) is 38.2 Å². The van der Waals surface area contributed by atoms with E-state index in [0.29, 0.717) is 11.1 Å². The Balaban J connectivity index is 1.56. The first-order chi connectivity index (χ1) is 14.2. The first-order valence-corrected chi connectivity index (χ1v) is 11.0. The lowest BCUT2D eigenvalue weighted by atomic mass is 10.1. The topological polar surface area (TPSA) is 74.8 Å². The van der Waals surface area contributed by atoms with Gasteiger partial charge in [0.1, 0.15) is 0 Å². The van der Waals surface area contributed by atoms with E-state index in [1.54, 1.807) is 4.90 Å². The van der Waals surface area contributed by atoms with Gasteiger partial charge in [-0.1, -0.05) is 18.2 Å². The van der Waals surface area contributed by atoms with Crippen molar-refractivity contribution in [1.29, 1.82) is 0 Å². The molecule has 0 unspecified atom stereocenters. The molecule has 1 saturated heterocycles. The number of Topliss-reactive ketones (excluding diaryl/α,β-unsaturated/α-hetero) is 1. The fourth-order valence-corrected chi connectivity index (χ4v) is 4.72. The molecule has 30 heavy (non-hydrogen) atoms. The summed E-state index contributed by atoms with van der Waals surface area (Å²) in [5, 5.41) is 0. The van der Waals surface area contributed by atoms with E-state index in [1.807, 2.05) is 0 Å². The van der Waals surface area contributed by atoms with Gasteiger partial charge in [-0.2, -0.15) is 4.31 Å². The minimum atomic E-state index is -3.71. The van der Waals surface area contributed by atoms with Crippen molar-refractivity contribution in [3.63, 3.8) is 0 Å². The molecule has 0 spiro atoms. The smallest absolute Gasteiger partial charge is 0.243 e. The van der Waals surface area contributed by atoms with Gasteiger partial charge in [-0.25, -0.2) is 17.2 Å². The minimum absolute atomic E-state index is 0.102. The molecule has 3 rings (SSSR count). The van der Waals surface area contributed by atoms with Crippen LogP contribution in [0.3, 0.4) is 0 Å². The van der Waals surface area contributed by atoms with Gasteiger partial charge in [-0.3, -0.25) is 9.59 Å². The molecule has 0 aromatic heterocycles. The monoisotopic (exact) mass is 436 g/mol. The van der Waals surface area contributed by atoms with Crippen LogP contribution >= 0.6 is 0 Å². The molecule has 0 aliphatic carbocycles. The summed E-state index contributed by atoms with van der Waals surface area (Å²) in [5.41, 5.74) is 0.961. The van der Waals surface area contributed by atoms with Crippen LogP contribution in [0.25, 0.3) is 0 Å². The third-order valence-electron chi connectivity index (χ3n) is 5.10. The van der Waals surface area contributed by atoms with Crippen LogP contribution in [0.2, 0.25) is 0 Å². The number of sulfonamides is 1. The van der Waals surface area contributed by atoms with E-state index in [4.69, 9.17) is 0 Å². The Morgan fingerprint density at radius 3 is 2.13 bits per heavy atom. The number of hydrogen-bond acceptors (Lipinski definition) is 4. The van der Waals surface area contributed by atoms with E-state index in [0.717, 1.165) is 12.1 Å². The standard InChI is InChI=1S/C21H22F2N2O4S/c1-15(26)17-4-6-18(7-5-17)30(28,29)25-12-10-24(11-13-25)21(27)9-3-16-2-8-19(22)20(23)14-16/h2,4-8,14H,3,9-13H2,1H3. The SMILES string of the molecule is CC(=O)c1ccc(S(=O)(=O)N2CCN(C(=O)CCc3ccc(F)c(F)c3)CC2)cc1. The Kier molecular flexibility index (Phi) is 6.62. The lowest BCUT2D eigenvalue weighted by Gasteiger charge is -2.34. The predicted molar refractivity (Wildman–Crippen MR) is 106 cm³/mol. The van der Waals surface area contributed by atoms with Crippen LogP contribution in [-0.4, -0.2) is 55.5 Å². The molecule has 0 saturated carbocycles. The van der Waals surface area contributed by atoms with Crippen molar-refractivity contribution in [2.24, 2.45) is 0 Å². The Labute approximate surface area is 174 Å². The van der Waals surface area contributed by atoms with Gasteiger partial charge in [0.05, 0.1) is 4.90 Å². The lowest BCUT2D eigenvalue weighted by Crippen LogP contribution is -2.50. The van der Waals surface area contributed by atoms with Crippen molar-refractivity contribution >= 4 is 21.7 Å². The summed E-state index contributed by atoms with van der Waals surface area (Å²) in [6, 6.07) is 9.32. The zero-order valence-corrected chi connectivity index (χ0v) is 17.3. The molecule has 0 N–H and O–H groups in total. The molecule has 0 radical (unpaired) electrons. The highest BCUT2D eigenvalue weighted by Gasteiger charge is 2.30. The number of ketones is 1. The fraction of sp³-hybridized carbons (Fsp3) is 0.333. The van der Waals surface area contributed by atoms with Crippen LogP contribution in [-0.2, 0) is 21.2 Å². The summed E-state index contributed by atoms with van der Waals surface area (Å²) in [6.07, 6.45) is 0.404. The number of amides is 1. The average Bonchev–Trinajstić information content (AvgIpc) is 2.74. The molecule has 1 aliphatic heterocycles. The molecular formula is C21H22F2N2O4S. The molecular weight excluding hydrogens is 414 g/mol. The Morgan fingerprint density at radius 1 is 0.933 bits per heavy atom. The highest BCUT2D eigenvalue weighted by atomic mass is 32.2. The molecule has 0 bridgehead atoms. The van der Waals surface area contributed by atoms with Crippen LogP contribution in [0.1, 0.15) is 29.3 Å². The van der Waals surface area contributed by atoms with E-state index >= 15 is 0 Å². The number of benzene rings is 2. The maximum atomic E-state index is 13.3. The summed E-state index contributed by atoms with van der Waals surface area (Å²) in [4.78, 5) is 25.4. The number of aryl methyl sites for hydroxylation is 1. The zero-order valence-electron chi connectivity index (χ0n) is 16.5. The summed E-state index contributed by atoms with van der Waals surface area (Å²) < 4.78 is 53.1. The van der Waals surface area contributed by atoms with Crippen molar-refractivity contribution in [1.82, 2.24) is 9.21 Å². The minimum Gasteiger partial charge on any atom is -0.340 e. The lowest BCUT2D eigenvalue weighted by molar-refractivity contribution is -0.132. The maximum Gasteiger partial charge on any atom is 0.243 e. The number of nitrogens with zero attached hydrogens (tertiary/aromatic N) is 2. The highest BCUT2D eigenvalue weighted by Crippen LogP contribution is 2.19. The Hall–Kier alpha value is -2.65. The molecule has 1 amide bonds. The quantitative estimate of drug-likeness (QED) is 0.653. The van der Waals surface area contributed by atoms with Gasteiger partial charge in [-0.15, -0.1) is 0 Å². The van der Waals surface area contributed by atoms with E-state index < -0.39 is 21.7 Å². The highest BCUT2D eigenvalue weighted by molar-refractivity contribution is 7.89. The molecule has 160 valence electrons. The molecule has 2 aromatic carbocycles. The fourth-order valence-electron chi connectivity index (χ4n) is 3.29. The van der Waals surface area contributed by atoms with Crippen molar-refractivity contribution in [3.05, 3.63) is 65.2 Å². The van der Waals surface area contributed by atoms with Crippen molar-refractivity contribution < 1.29 is 26.8 Å². The van der Waals surface area contributed by atoms with Crippen LogP contribution < -0.4 is 0 Å². The summed E-state index contributed by atoms with van der Waals surface area (Å²) in [5.74, 6) is -2.19. The largest absolute Gasteiger partial charge is 0.340 e. The first kappa shape index (κ1) is 22.0. The molecule has 0 atom stereocenters. The molecule has 1 aliphatic rings. The second-order valence-electron chi connectivity index (χ2n) is 7.11. The van der Waals surface area contributed by atoms with Crippen LogP contribution in [0.15, 0.2) is 47.4 Å². The number of hydrogen-bond donors (Lipinski definition) is 0. The number of piperazine rings is 1. The molecule has 1 fully saturated rings. The predicted octanol–water partition coefficient (Wildman–Crippen LogP) is 2.63. The van der Waals surface area contributed by atoms with Gasteiger partial charge in [0.2, 0.25) is 15.9 Å². The Bertz CT molecular complexity index is 1050. The normalized spacial score (nSPS) is 15.2. The van der Waals surface area contributed by atoms with E-state index in [2.05, 4.69) is 0 Å². The van der Waals surface area contributed by atoms with E-state index in [9.17, 15) is 26.8 Å². The van der Waals surface area contributed by atoms with Crippen molar-refractivity contribution in [2.75, 3.05) is 26.2 Å². The van der Waals surface area contributed by atoms with Gasteiger partial charge >= 0.3 is 0 Å². The summed E-state index contributed by atoms with van der Waals surface area (Å²) in [6.45, 7) is 2.23. The number of carbonyl (C=O) groups is 2. The van der Waals surface area contributed by atoms with Crippen molar-refractivity contribution in [2.45, 2.75) is 24.7 Å². The number of carbonyl (C=O) groups excluding carboxylic acids is 2. The van der Waals surface area contributed by atoms with Gasteiger partial charge in [-0.05, 0) is 43.2 Å². The average molecular weight is 436 g/mol. The summed E-state index contributed by atoms with van der Waals surface area (Å²) >= 11 is 0. The second-order valence-corrected chi connectivity index (χ2v) is 9.05. The molecule has 2 aromatic rings. The molecule has 6 nitrogen and oxygen atoms in total. The van der Waals surface area contributed by atoms with E-state index in [1.165, 1.54) is 41.6 Å². The molecule has 9 heteroatoms. The van der Waals surface area contributed by atoms with Gasteiger partial charge in [0.25, 0.3) is 0 Å². The maximum absolute atomic E-state index is 13.3. The third kappa shape index (κ3) is 4.91. The number of rotatable bonds is 6. The number of halogens is 2. The second kappa shape index (κ2) is 9.01. The molecule has 1 heterocycles. The van der Waals surface area contributed by atoms with Gasteiger partial charge < -0.3 is 4.90 Å². The Morgan fingerprint density at radius 2 is 1.57 bits per heavy atom. The zero-order chi connectivity index (χ0) is 21.9. The third-order valence-corrected chi connectivity index (χ3v) is 7.01. The van der Waals surface area contributed by atoms with E-state index in [-0.39, 0.29) is 55.6 Å². The first-order valence-electron chi connectivity index (χ1n) is 9.51. The van der Waals surface area contributed by atoms with Crippen molar-refractivity contribution in [3.8, 4) is 0 Å². The summed E-state index contributed by atoms with van der Waals surface area (Å²) in [7, 11) is -3.71. The van der Waals surface area contributed by atoms with Crippen LogP contribution in [0, 0.1) is 11.6 Å².